The summed E-state index contributed by atoms with van der Waals surface area (Å²) >= 11 is 6.38. The van der Waals surface area contributed by atoms with Gasteiger partial charge in [-0.05, 0) is 55.5 Å². The Balaban J connectivity index is 1.32. The number of hydrogen-bond donors (Lipinski definition) is 2. The Kier molecular flexibility index (Phi) is 5.77. The van der Waals surface area contributed by atoms with Gasteiger partial charge in [0, 0.05) is 30.9 Å². The number of nitrogens with zero attached hydrogens (tertiary/aromatic N) is 5. The van der Waals surface area contributed by atoms with Crippen molar-refractivity contribution in [2.75, 3.05) is 19.6 Å². The second kappa shape index (κ2) is 8.71. The molecule has 0 saturated carbocycles. The van der Waals surface area contributed by atoms with Crippen LogP contribution in [0, 0.1) is 5.82 Å². The maximum absolute atomic E-state index is 13.9. The lowest BCUT2D eigenvalue weighted by atomic mass is 10.0. The van der Waals surface area contributed by atoms with Crippen LogP contribution in [0.15, 0.2) is 40.6 Å². The van der Waals surface area contributed by atoms with Crippen LogP contribution in [0.4, 0.5) is 9.18 Å². The molecule has 4 aliphatic heterocycles. The van der Waals surface area contributed by atoms with Gasteiger partial charge in [-0.25, -0.2) is 19.2 Å². The van der Waals surface area contributed by atoms with E-state index in [1.165, 1.54) is 12.1 Å². The van der Waals surface area contributed by atoms with Crippen LogP contribution in [0.2, 0.25) is 5.02 Å². The first kappa shape index (κ1) is 21.2. The molecule has 2 fully saturated rings. The number of hydrazone groups is 1. The normalized spacial score (nSPS) is 29.3. The summed E-state index contributed by atoms with van der Waals surface area (Å²) < 4.78 is 13.9. The Morgan fingerprint density at radius 2 is 2.09 bits per heavy atom. The van der Waals surface area contributed by atoms with Crippen LogP contribution in [-0.4, -0.2) is 75.9 Å². The van der Waals surface area contributed by atoms with E-state index in [9.17, 15) is 14.3 Å². The molecule has 2 unspecified atom stereocenters. The molecule has 5 rings (SSSR count). The van der Waals surface area contributed by atoms with Gasteiger partial charge in [-0.15, -0.1) is 0 Å². The SMILES string of the molecule is O=C(NC1C=NN2C=CC(N3CCC[C@@H]3c3cc(F)ccc3Cl)=NC12)N1CCC[C@@H](O)C1. The maximum Gasteiger partial charge on any atom is 0.318 e. The number of rotatable bonds is 2. The summed E-state index contributed by atoms with van der Waals surface area (Å²) in [6, 6.07) is 3.79. The molecule has 4 aliphatic rings. The number of urea groups is 1. The molecule has 8 nitrogen and oxygen atoms in total. The third kappa shape index (κ3) is 4.06. The Labute approximate surface area is 191 Å². The van der Waals surface area contributed by atoms with Gasteiger partial charge in [0.2, 0.25) is 0 Å². The number of aliphatic hydroxyl groups excluding tert-OH is 1. The van der Waals surface area contributed by atoms with E-state index >= 15 is 0 Å². The van der Waals surface area contributed by atoms with Crippen molar-refractivity contribution < 1.29 is 14.3 Å². The van der Waals surface area contributed by atoms with Crippen LogP contribution in [-0.2, 0) is 0 Å². The molecule has 32 heavy (non-hydrogen) atoms. The third-order valence-corrected chi connectivity index (χ3v) is 6.78. The summed E-state index contributed by atoms with van der Waals surface area (Å²) in [5, 5.41) is 19.5. The predicted molar refractivity (Wildman–Crippen MR) is 120 cm³/mol. The average Bonchev–Trinajstić information content (AvgIpc) is 3.42. The van der Waals surface area contributed by atoms with Crippen LogP contribution in [0.25, 0.3) is 0 Å². The Bertz CT molecular complexity index is 985. The van der Waals surface area contributed by atoms with Crippen molar-refractivity contribution in [3.8, 4) is 0 Å². The number of nitrogens with one attached hydrogen (secondary N) is 1. The van der Waals surface area contributed by atoms with Crippen LogP contribution < -0.4 is 5.32 Å². The summed E-state index contributed by atoms with van der Waals surface area (Å²) in [4.78, 5) is 21.4. The standard InChI is InChI=1S/C22H26ClFN6O2/c23-17-6-5-14(24)11-16(17)19-4-2-9-29(19)20-7-10-30-21(27-20)18(12-25-30)26-22(32)28-8-1-3-15(31)13-28/h5-7,10-12,15,18-19,21,31H,1-4,8-9,13H2,(H,26,32)/t15-,18?,19-,21?/m1/s1. The summed E-state index contributed by atoms with van der Waals surface area (Å²) in [5.41, 5.74) is 0.763. The van der Waals surface area contributed by atoms with Gasteiger partial charge in [0.05, 0.1) is 18.4 Å². The van der Waals surface area contributed by atoms with Crippen molar-refractivity contribution in [1.82, 2.24) is 20.1 Å². The third-order valence-electron chi connectivity index (χ3n) is 6.43. The fraction of sp³-hybridized carbons (Fsp3) is 0.500. The number of halogens is 2. The molecule has 0 bridgehead atoms. The summed E-state index contributed by atoms with van der Waals surface area (Å²) in [5.74, 6) is 0.463. The second-order valence-corrected chi connectivity index (χ2v) is 9.00. The van der Waals surface area contributed by atoms with E-state index in [2.05, 4.69) is 15.3 Å². The number of amides is 2. The first-order valence-corrected chi connectivity index (χ1v) is 11.4. The largest absolute Gasteiger partial charge is 0.391 e. The zero-order chi connectivity index (χ0) is 22.2. The lowest BCUT2D eigenvalue weighted by molar-refractivity contribution is 0.0833. The van der Waals surface area contributed by atoms with Gasteiger partial charge in [-0.3, -0.25) is 0 Å². The van der Waals surface area contributed by atoms with Crippen LogP contribution in [0.1, 0.15) is 37.3 Å². The Morgan fingerprint density at radius 3 is 2.94 bits per heavy atom. The van der Waals surface area contributed by atoms with Gasteiger partial charge >= 0.3 is 6.03 Å². The lowest BCUT2D eigenvalue weighted by Gasteiger charge is -2.34. The summed E-state index contributed by atoms with van der Waals surface area (Å²) in [6.07, 6.45) is 7.87. The monoisotopic (exact) mass is 460 g/mol. The van der Waals surface area contributed by atoms with Crippen molar-refractivity contribution in [1.29, 1.82) is 0 Å². The first-order chi connectivity index (χ1) is 15.5. The second-order valence-electron chi connectivity index (χ2n) is 8.60. The number of fused-ring (bicyclic) bond motifs is 1. The average molecular weight is 461 g/mol. The molecular weight excluding hydrogens is 435 g/mol. The molecule has 1 aromatic carbocycles. The minimum absolute atomic E-state index is 0.0571. The van der Waals surface area contributed by atoms with Crippen molar-refractivity contribution in [3.05, 3.63) is 46.9 Å². The topological polar surface area (TPSA) is 83.8 Å². The van der Waals surface area contributed by atoms with Gasteiger partial charge < -0.3 is 20.2 Å². The van der Waals surface area contributed by atoms with E-state index in [1.807, 2.05) is 12.3 Å². The van der Waals surface area contributed by atoms with E-state index < -0.39 is 12.3 Å². The molecule has 1 aromatic rings. The van der Waals surface area contributed by atoms with Gasteiger partial charge in [0.1, 0.15) is 17.7 Å². The molecule has 170 valence electrons. The smallest absolute Gasteiger partial charge is 0.318 e. The van der Waals surface area contributed by atoms with Crippen LogP contribution >= 0.6 is 11.6 Å². The molecule has 4 heterocycles. The number of aliphatic imine (C=N–C) groups is 1. The van der Waals surface area contributed by atoms with Gasteiger partial charge in [-0.2, -0.15) is 5.10 Å². The molecular formula is C22H26ClFN6O2. The number of carbonyl (C=O) groups is 1. The number of aliphatic hydroxyl groups is 1. The molecule has 0 aliphatic carbocycles. The summed E-state index contributed by atoms with van der Waals surface area (Å²) in [6.45, 7) is 1.75. The Hall–Kier alpha value is -2.65. The highest BCUT2D eigenvalue weighted by Crippen LogP contribution is 2.37. The minimum atomic E-state index is -0.479. The van der Waals surface area contributed by atoms with Crippen molar-refractivity contribution in [2.24, 2.45) is 10.1 Å². The first-order valence-electron chi connectivity index (χ1n) is 11.0. The molecule has 2 saturated heterocycles. The minimum Gasteiger partial charge on any atom is -0.391 e. The van der Waals surface area contributed by atoms with Crippen molar-refractivity contribution >= 4 is 29.7 Å². The maximum atomic E-state index is 13.9. The molecule has 10 heteroatoms. The number of benzene rings is 1. The van der Waals surface area contributed by atoms with Crippen molar-refractivity contribution in [3.63, 3.8) is 0 Å². The zero-order valence-corrected chi connectivity index (χ0v) is 18.3. The quantitative estimate of drug-likeness (QED) is 0.710. The van der Waals surface area contributed by atoms with Crippen LogP contribution in [0.5, 0.6) is 0 Å². The molecule has 2 amide bonds. The fourth-order valence-corrected chi connectivity index (χ4v) is 5.08. The van der Waals surface area contributed by atoms with E-state index in [0.29, 0.717) is 18.1 Å². The number of likely N-dealkylation sites (tertiary alicyclic amines) is 2. The van der Waals surface area contributed by atoms with E-state index in [1.54, 1.807) is 22.2 Å². The Morgan fingerprint density at radius 1 is 1.25 bits per heavy atom. The number of piperidine rings is 1. The zero-order valence-electron chi connectivity index (χ0n) is 17.6. The highest BCUT2D eigenvalue weighted by molar-refractivity contribution is 6.31. The summed E-state index contributed by atoms with van der Waals surface area (Å²) in [7, 11) is 0. The predicted octanol–water partition coefficient (Wildman–Crippen LogP) is 2.70. The molecule has 0 aromatic heterocycles. The molecule has 0 spiro atoms. The molecule has 2 N–H and O–H groups in total. The number of carbonyl (C=O) groups excluding carboxylic acids is 1. The van der Waals surface area contributed by atoms with E-state index in [-0.39, 0.29) is 23.9 Å². The van der Waals surface area contributed by atoms with Crippen LogP contribution in [0.3, 0.4) is 0 Å². The van der Waals surface area contributed by atoms with E-state index in [0.717, 1.165) is 43.6 Å². The highest BCUT2D eigenvalue weighted by Gasteiger charge is 2.37. The van der Waals surface area contributed by atoms with Gasteiger partial charge in [0.25, 0.3) is 0 Å². The highest BCUT2D eigenvalue weighted by atomic mass is 35.5. The lowest BCUT2D eigenvalue weighted by Crippen LogP contribution is -2.53. The van der Waals surface area contributed by atoms with Gasteiger partial charge in [0.15, 0.2) is 6.17 Å². The molecule has 0 radical (unpaired) electrons. The van der Waals surface area contributed by atoms with E-state index in [4.69, 9.17) is 16.6 Å². The number of amidine groups is 1. The van der Waals surface area contributed by atoms with Gasteiger partial charge in [-0.1, -0.05) is 11.6 Å². The number of β-amino-alcohol motifs (C(OH)–C–C–N with tert-alkyl or cyclic N) is 1. The molecule has 4 atom stereocenters. The fourth-order valence-electron chi connectivity index (χ4n) is 4.84. The number of hydrogen-bond acceptors (Lipinski definition) is 6. The van der Waals surface area contributed by atoms with Crippen molar-refractivity contribution in [2.45, 2.75) is 50.0 Å².